The molecule has 0 aromatic heterocycles. The monoisotopic (exact) mass is 404 g/mol. The molecule has 0 unspecified atom stereocenters. The van der Waals surface area contributed by atoms with Gasteiger partial charge >= 0.3 is 6.09 Å². The number of carbonyl (C=O) groups excluding carboxylic acids is 1. The zero-order valence-electron chi connectivity index (χ0n) is 16.3. The number of hydrogen-bond donors (Lipinski definition) is 2. The van der Waals surface area contributed by atoms with Crippen LogP contribution in [0, 0.1) is 10.1 Å². The number of nitrogens with one attached hydrogen (secondary N) is 2. The molecule has 1 amide bonds. The van der Waals surface area contributed by atoms with E-state index in [1.807, 2.05) is 29.3 Å². The van der Waals surface area contributed by atoms with Gasteiger partial charge in [-0.15, -0.1) is 0 Å². The highest BCUT2D eigenvalue weighted by atomic mass is 16.6. The second kappa shape index (κ2) is 8.22. The summed E-state index contributed by atoms with van der Waals surface area (Å²) in [5, 5.41) is 15.8. The topological polar surface area (TPSA) is 96.7 Å². The summed E-state index contributed by atoms with van der Waals surface area (Å²) in [6, 6.07) is 14.8. The Morgan fingerprint density at radius 2 is 1.97 bits per heavy atom. The normalized spacial score (nSPS) is 14.2. The third kappa shape index (κ3) is 3.81. The minimum atomic E-state index is -0.723. The predicted octanol–water partition coefficient (Wildman–Crippen LogP) is 4.35. The first-order valence-electron chi connectivity index (χ1n) is 9.51. The van der Waals surface area contributed by atoms with Crippen LogP contribution in [-0.4, -0.2) is 22.6 Å². The van der Waals surface area contributed by atoms with Gasteiger partial charge in [0, 0.05) is 18.2 Å². The van der Waals surface area contributed by atoms with Crippen molar-refractivity contribution in [1.82, 2.24) is 10.4 Å². The molecule has 2 N–H and O–H groups in total. The number of benzene rings is 2. The molecule has 2 aliphatic rings. The number of nitro benzene ring substituents is 1. The third-order valence-corrected chi connectivity index (χ3v) is 4.78. The molecule has 0 aliphatic carbocycles. The molecule has 2 heterocycles. The summed E-state index contributed by atoms with van der Waals surface area (Å²) in [5.74, 6) is 0. The average Bonchev–Trinajstić information content (AvgIpc) is 2.75. The Balaban J connectivity index is 1.45. The summed E-state index contributed by atoms with van der Waals surface area (Å²) in [7, 11) is 0. The minimum absolute atomic E-state index is 0.0998. The van der Waals surface area contributed by atoms with Crippen LogP contribution in [-0.2, 0) is 11.3 Å². The number of ether oxygens (including phenoxy) is 1. The highest BCUT2D eigenvalue weighted by Gasteiger charge is 2.29. The molecule has 0 atom stereocenters. The van der Waals surface area contributed by atoms with E-state index in [1.54, 1.807) is 13.0 Å². The Hall–Kier alpha value is -3.91. The van der Waals surface area contributed by atoms with Crippen molar-refractivity contribution in [3.8, 4) is 0 Å². The molecule has 8 heteroatoms. The Morgan fingerprint density at radius 1 is 1.17 bits per heavy atom. The van der Waals surface area contributed by atoms with Crippen molar-refractivity contribution in [1.29, 1.82) is 0 Å². The first-order valence-corrected chi connectivity index (χ1v) is 9.51. The molecule has 0 radical (unpaired) electrons. The predicted molar refractivity (Wildman–Crippen MR) is 113 cm³/mol. The maximum absolute atomic E-state index is 11.6. The van der Waals surface area contributed by atoms with Gasteiger partial charge in [0.15, 0.2) is 0 Å². The van der Waals surface area contributed by atoms with Crippen LogP contribution < -0.4 is 10.7 Å². The van der Waals surface area contributed by atoms with Gasteiger partial charge in [-0.05, 0) is 36.3 Å². The fourth-order valence-corrected chi connectivity index (χ4v) is 3.35. The van der Waals surface area contributed by atoms with E-state index in [-0.39, 0.29) is 18.0 Å². The smallest absolute Gasteiger partial charge is 0.411 e. The van der Waals surface area contributed by atoms with Crippen LogP contribution in [0.5, 0.6) is 0 Å². The minimum Gasteiger partial charge on any atom is -0.450 e. The van der Waals surface area contributed by atoms with Gasteiger partial charge in [-0.25, -0.2) is 10.2 Å². The molecule has 8 nitrogen and oxygen atoms in total. The van der Waals surface area contributed by atoms with Crippen LogP contribution in [0.15, 0.2) is 78.2 Å². The summed E-state index contributed by atoms with van der Waals surface area (Å²) < 4.78 is 4.79. The van der Waals surface area contributed by atoms with E-state index in [9.17, 15) is 14.9 Å². The molecular formula is C22H20N4O4. The summed E-state index contributed by atoms with van der Waals surface area (Å²) in [4.78, 5) is 22.5. The van der Waals surface area contributed by atoms with Gasteiger partial charge in [-0.1, -0.05) is 42.5 Å². The van der Waals surface area contributed by atoms with Crippen LogP contribution in [0.25, 0.3) is 5.57 Å². The Morgan fingerprint density at radius 3 is 2.67 bits per heavy atom. The molecule has 30 heavy (non-hydrogen) atoms. The van der Waals surface area contributed by atoms with Gasteiger partial charge in [0.05, 0.1) is 22.9 Å². The van der Waals surface area contributed by atoms with Crippen molar-refractivity contribution in [3.63, 3.8) is 0 Å². The van der Waals surface area contributed by atoms with Crippen LogP contribution in [0.2, 0.25) is 0 Å². The standard InChI is InChI=1S/C22H20N4O4/c1-2-30-22(27)24-19-11-8-15(12-21(19)26(28)29)14-23-25-17-9-10-18(20(25)13-17)16-6-4-3-5-7-16/h3-13,23H,2,14H2,1H3,(H,24,27). The molecule has 0 spiro atoms. The number of hydrogen-bond acceptors (Lipinski definition) is 6. The van der Waals surface area contributed by atoms with Crippen LogP contribution in [0.1, 0.15) is 18.1 Å². The van der Waals surface area contributed by atoms with Gasteiger partial charge in [-0.3, -0.25) is 20.4 Å². The number of carbonyl (C=O) groups is 1. The first-order chi connectivity index (χ1) is 14.6. The van der Waals surface area contributed by atoms with E-state index in [0.717, 1.165) is 22.5 Å². The lowest BCUT2D eigenvalue weighted by molar-refractivity contribution is -0.384. The molecule has 0 saturated carbocycles. The van der Waals surface area contributed by atoms with E-state index in [2.05, 4.69) is 35.0 Å². The van der Waals surface area contributed by atoms with Crippen LogP contribution in [0.3, 0.4) is 0 Å². The number of fused-ring (bicyclic) bond motifs is 2. The average molecular weight is 404 g/mol. The number of amides is 1. The molecule has 4 rings (SSSR count). The third-order valence-electron chi connectivity index (χ3n) is 4.78. The highest BCUT2D eigenvalue weighted by Crippen LogP contribution is 2.39. The SMILES string of the molecule is CCOC(=O)Nc1ccc(CNN2c3ccc(-c4ccccc4)c2c3)cc1[N+](=O)[O-]. The summed E-state index contributed by atoms with van der Waals surface area (Å²) >= 11 is 0. The molecule has 152 valence electrons. The Kier molecular flexibility index (Phi) is 5.32. The number of hydrazine groups is 1. The summed E-state index contributed by atoms with van der Waals surface area (Å²) in [6.07, 6.45) is 5.47. The molecule has 0 saturated heterocycles. The lowest BCUT2D eigenvalue weighted by Crippen LogP contribution is -2.42. The lowest BCUT2D eigenvalue weighted by Gasteiger charge is -2.40. The van der Waals surface area contributed by atoms with Crippen molar-refractivity contribution in [2.75, 3.05) is 11.9 Å². The Bertz CT molecular complexity index is 1090. The summed E-state index contributed by atoms with van der Waals surface area (Å²) in [5.41, 5.74) is 8.24. The van der Waals surface area contributed by atoms with E-state index in [1.165, 1.54) is 12.1 Å². The fraction of sp³-hybridized carbons (Fsp3) is 0.136. The molecule has 2 bridgehead atoms. The van der Waals surface area contributed by atoms with Crippen molar-refractivity contribution in [2.45, 2.75) is 13.5 Å². The van der Waals surface area contributed by atoms with Crippen LogP contribution in [0.4, 0.5) is 16.2 Å². The molecule has 2 aromatic carbocycles. The van der Waals surface area contributed by atoms with Gasteiger partial charge in [0.25, 0.3) is 5.69 Å². The highest BCUT2D eigenvalue weighted by molar-refractivity contribution is 5.88. The van der Waals surface area contributed by atoms with Crippen molar-refractivity contribution in [3.05, 3.63) is 99.4 Å². The quantitative estimate of drug-likeness (QED) is 0.526. The molecular weight excluding hydrogens is 384 g/mol. The maximum Gasteiger partial charge on any atom is 0.411 e. The lowest BCUT2D eigenvalue weighted by atomic mass is 9.93. The van der Waals surface area contributed by atoms with Gasteiger partial charge in [0.2, 0.25) is 0 Å². The zero-order valence-corrected chi connectivity index (χ0v) is 16.3. The van der Waals surface area contributed by atoms with Crippen LogP contribution >= 0.6 is 0 Å². The second-order valence-electron chi connectivity index (χ2n) is 6.69. The van der Waals surface area contributed by atoms with Gasteiger partial charge < -0.3 is 4.74 Å². The maximum atomic E-state index is 11.6. The van der Waals surface area contributed by atoms with Gasteiger partial charge in [-0.2, -0.15) is 0 Å². The number of allylic oxidation sites excluding steroid dienone is 4. The summed E-state index contributed by atoms with van der Waals surface area (Å²) in [6.45, 7) is 2.23. The largest absolute Gasteiger partial charge is 0.450 e. The molecule has 2 aromatic rings. The number of nitro groups is 1. The zero-order chi connectivity index (χ0) is 21.1. The number of anilines is 1. The van der Waals surface area contributed by atoms with Crippen molar-refractivity contribution in [2.24, 2.45) is 0 Å². The fourth-order valence-electron chi connectivity index (χ4n) is 3.35. The van der Waals surface area contributed by atoms with Crippen molar-refractivity contribution < 1.29 is 14.5 Å². The second-order valence-corrected chi connectivity index (χ2v) is 6.69. The van der Waals surface area contributed by atoms with E-state index >= 15 is 0 Å². The molecule has 0 fully saturated rings. The number of nitrogens with zero attached hydrogens (tertiary/aromatic N) is 2. The molecule has 2 aliphatic heterocycles. The van der Waals surface area contributed by atoms with Crippen molar-refractivity contribution >= 4 is 23.0 Å². The Labute approximate surface area is 173 Å². The first kappa shape index (κ1) is 19.4. The van der Waals surface area contributed by atoms with E-state index in [0.29, 0.717) is 12.1 Å². The van der Waals surface area contributed by atoms with E-state index < -0.39 is 11.0 Å². The number of rotatable bonds is 7. The van der Waals surface area contributed by atoms with Gasteiger partial charge in [0.1, 0.15) is 5.69 Å². The van der Waals surface area contributed by atoms with E-state index in [4.69, 9.17) is 4.74 Å².